The quantitative estimate of drug-likeness (QED) is 0.138. The summed E-state index contributed by atoms with van der Waals surface area (Å²) >= 11 is 3.39. The number of benzene rings is 4. The molecule has 0 radical (unpaired) electrons. The highest BCUT2D eigenvalue weighted by Gasteiger charge is 2.23. The van der Waals surface area contributed by atoms with Gasteiger partial charge in [0, 0.05) is 22.6 Å². The largest absolute Gasteiger partial charge is 0.293 e. The van der Waals surface area contributed by atoms with Gasteiger partial charge in [0.15, 0.2) is 11.6 Å². The van der Waals surface area contributed by atoms with E-state index in [0.29, 0.717) is 12.8 Å². The third-order valence-corrected chi connectivity index (χ3v) is 8.66. The van der Waals surface area contributed by atoms with E-state index in [1.165, 1.54) is 0 Å². The summed E-state index contributed by atoms with van der Waals surface area (Å²) in [6.07, 6.45) is 1.39. The second-order valence-corrected chi connectivity index (χ2v) is 11.2. The van der Waals surface area contributed by atoms with Crippen LogP contribution < -0.4 is 0 Å². The molecule has 2 unspecified atom stereocenters. The molecule has 0 aliphatic heterocycles. The van der Waals surface area contributed by atoms with E-state index < -0.39 is 0 Å². The number of rotatable bonds is 13. The zero-order valence-corrected chi connectivity index (χ0v) is 21.8. The molecule has 4 aromatic carbocycles. The van der Waals surface area contributed by atoms with Crippen LogP contribution >= 0.6 is 23.5 Å². The maximum Gasteiger partial charge on any atom is 0.176 e. The summed E-state index contributed by atoms with van der Waals surface area (Å²) in [5.74, 6) is 1.92. The Morgan fingerprint density at radius 1 is 0.472 bits per heavy atom. The molecule has 0 fully saturated rings. The van der Waals surface area contributed by atoms with E-state index in [-0.39, 0.29) is 22.1 Å². The van der Waals surface area contributed by atoms with Crippen molar-refractivity contribution in [3.05, 3.63) is 144 Å². The van der Waals surface area contributed by atoms with Gasteiger partial charge in [-0.1, -0.05) is 121 Å². The number of carbonyl (C=O) groups is 2. The highest BCUT2D eigenvalue weighted by molar-refractivity contribution is 8.04. The Labute approximate surface area is 222 Å². The Bertz CT molecular complexity index is 1110. The van der Waals surface area contributed by atoms with Crippen LogP contribution in [0.25, 0.3) is 0 Å². The van der Waals surface area contributed by atoms with E-state index in [2.05, 4.69) is 24.3 Å². The van der Waals surface area contributed by atoms with Crippen LogP contribution in [0.2, 0.25) is 0 Å². The van der Waals surface area contributed by atoms with Crippen molar-refractivity contribution in [3.63, 3.8) is 0 Å². The molecule has 0 spiro atoms. The zero-order chi connectivity index (χ0) is 25.0. The Balaban J connectivity index is 1.42. The van der Waals surface area contributed by atoms with E-state index in [1.807, 2.05) is 97.1 Å². The van der Waals surface area contributed by atoms with Gasteiger partial charge in [-0.3, -0.25) is 9.59 Å². The summed E-state index contributed by atoms with van der Waals surface area (Å²) in [7, 11) is 0. The topological polar surface area (TPSA) is 34.1 Å². The summed E-state index contributed by atoms with van der Waals surface area (Å²) in [5.41, 5.74) is 3.82. The second kappa shape index (κ2) is 13.9. The molecule has 4 aromatic rings. The summed E-state index contributed by atoms with van der Waals surface area (Å²) in [6, 6.07) is 39.5. The maximum atomic E-state index is 13.3. The van der Waals surface area contributed by atoms with Crippen LogP contribution in [0.4, 0.5) is 0 Å². The molecule has 2 nitrogen and oxygen atoms in total. The lowest BCUT2D eigenvalue weighted by Gasteiger charge is -2.18. The van der Waals surface area contributed by atoms with Gasteiger partial charge < -0.3 is 0 Å². The molecule has 2 atom stereocenters. The van der Waals surface area contributed by atoms with E-state index in [4.69, 9.17) is 0 Å². The third-order valence-electron chi connectivity index (χ3n) is 5.95. The Hall–Kier alpha value is -3.08. The van der Waals surface area contributed by atoms with Crippen molar-refractivity contribution in [3.8, 4) is 0 Å². The number of ketones is 2. The minimum absolute atomic E-state index is 0.159. The first-order valence-electron chi connectivity index (χ1n) is 12.2. The van der Waals surface area contributed by atoms with Crippen LogP contribution in [-0.2, 0) is 12.8 Å². The molecule has 4 rings (SSSR count). The highest BCUT2D eigenvalue weighted by Crippen LogP contribution is 2.26. The van der Waals surface area contributed by atoms with Gasteiger partial charge in [-0.2, -0.15) is 0 Å². The van der Waals surface area contributed by atoms with Gasteiger partial charge in [0.25, 0.3) is 0 Å². The lowest BCUT2D eigenvalue weighted by atomic mass is 10.0. The Morgan fingerprint density at radius 2 is 0.778 bits per heavy atom. The van der Waals surface area contributed by atoms with Gasteiger partial charge in [0.1, 0.15) is 0 Å². The zero-order valence-electron chi connectivity index (χ0n) is 20.2. The molecular weight excluding hydrogens is 480 g/mol. The molecule has 0 aliphatic rings. The van der Waals surface area contributed by atoms with Crippen molar-refractivity contribution in [2.45, 2.75) is 23.3 Å². The summed E-state index contributed by atoms with van der Waals surface area (Å²) in [4.78, 5) is 26.7. The standard InChI is InChI=1S/C32H30O2S2/c33-31(27-17-9-3-10-18-27)29(23-25-13-5-1-6-14-25)35-21-22-36-30(24-26-15-7-2-8-16-26)32(34)28-19-11-4-12-20-28/h1-20,29-30H,21-24H2. The first-order valence-corrected chi connectivity index (χ1v) is 14.3. The first kappa shape index (κ1) is 26.0. The average molecular weight is 511 g/mol. The third kappa shape index (κ3) is 7.71. The lowest BCUT2D eigenvalue weighted by Crippen LogP contribution is -2.23. The lowest BCUT2D eigenvalue weighted by molar-refractivity contribution is 0.0981. The molecule has 0 aromatic heterocycles. The second-order valence-electron chi connectivity index (χ2n) is 8.56. The summed E-state index contributed by atoms with van der Waals surface area (Å²) < 4.78 is 0. The van der Waals surface area contributed by atoms with Gasteiger partial charge in [0.2, 0.25) is 0 Å². The molecule has 0 saturated heterocycles. The maximum absolute atomic E-state index is 13.3. The van der Waals surface area contributed by atoms with Crippen molar-refractivity contribution in [2.24, 2.45) is 0 Å². The molecule has 0 saturated carbocycles. The predicted octanol–water partition coefficient (Wildman–Crippen LogP) is 7.44. The van der Waals surface area contributed by atoms with Crippen LogP contribution in [0.3, 0.4) is 0 Å². The van der Waals surface area contributed by atoms with Crippen molar-refractivity contribution < 1.29 is 9.59 Å². The fraction of sp³-hybridized carbons (Fsp3) is 0.188. The number of hydrogen-bond donors (Lipinski definition) is 0. The smallest absolute Gasteiger partial charge is 0.176 e. The van der Waals surface area contributed by atoms with Crippen LogP contribution in [-0.4, -0.2) is 33.6 Å². The predicted molar refractivity (Wildman–Crippen MR) is 154 cm³/mol. The van der Waals surface area contributed by atoms with Gasteiger partial charge in [-0.15, -0.1) is 23.5 Å². The molecule has 0 heterocycles. The molecule has 0 amide bonds. The van der Waals surface area contributed by atoms with Gasteiger partial charge >= 0.3 is 0 Å². The molecule has 182 valence electrons. The van der Waals surface area contributed by atoms with E-state index in [9.17, 15) is 9.59 Å². The number of Topliss-reactive ketones (excluding diaryl/α,β-unsaturated/α-hetero) is 2. The van der Waals surface area contributed by atoms with Crippen molar-refractivity contribution in [1.82, 2.24) is 0 Å². The van der Waals surface area contributed by atoms with Crippen molar-refractivity contribution in [1.29, 1.82) is 0 Å². The minimum Gasteiger partial charge on any atom is -0.293 e. The fourth-order valence-corrected chi connectivity index (χ4v) is 6.60. The molecule has 0 aliphatic carbocycles. The van der Waals surface area contributed by atoms with Crippen LogP contribution in [0, 0.1) is 0 Å². The summed E-state index contributed by atoms with van der Waals surface area (Å²) in [5, 5.41) is -0.319. The number of carbonyl (C=O) groups excluding carboxylic acids is 2. The number of hydrogen-bond acceptors (Lipinski definition) is 4. The molecule has 36 heavy (non-hydrogen) atoms. The van der Waals surface area contributed by atoms with E-state index in [0.717, 1.165) is 33.8 Å². The molecular formula is C32H30O2S2. The normalized spacial score (nSPS) is 12.6. The van der Waals surface area contributed by atoms with Gasteiger partial charge in [-0.05, 0) is 24.0 Å². The van der Waals surface area contributed by atoms with Crippen LogP contribution in [0.1, 0.15) is 31.8 Å². The van der Waals surface area contributed by atoms with Crippen molar-refractivity contribution in [2.75, 3.05) is 11.5 Å². The SMILES string of the molecule is O=C(c1ccccc1)C(Cc1ccccc1)SCCSC(Cc1ccccc1)C(=O)c1ccccc1. The fourth-order valence-electron chi connectivity index (χ4n) is 4.07. The van der Waals surface area contributed by atoms with Gasteiger partial charge in [0.05, 0.1) is 10.5 Å². The molecule has 0 N–H and O–H groups in total. The molecule has 4 heteroatoms. The number of thioether (sulfide) groups is 2. The van der Waals surface area contributed by atoms with Crippen LogP contribution in [0.5, 0.6) is 0 Å². The minimum atomic E-state index is -0.159. The van der Waals surface area contributed by atoms with Crippen molar-refractivity contribution >= 4 is 35.1 Å². The van der Waals surface area contributed by atoms with E-state index in [1.54, 1.807) is 23.5 Å². The first-order chi connectivity index (χ1) is 17.7. The Morgan fingerprint density at radius 3 is 1.11 bits per heavy atom. The summed E-state index contributed by atoms with van der Waals surface area (Å²) in [6.45, 7) is 0. The Kier molecular flexibility index (Phi) is 10.0. The van der Waals surface area contributed by atoms with E-state index >= 15 is 0 Å². The monoisotopic (exact) mass is 510 g/mol. The molecule has 0 bridgehead atoms. The van der Waals surface area contributed by atoms with Gasteiger partial charge in [-0.25, -0.2) is 0 Å². The van der Waals surface area contributed by atoms with Crippen LogP contribution in [0.15, 0.2) is 121 Å². The highest BCUT2D eigenvalue weighted by atomic mass is 32.2. The average Bonchev–Trinajstić information content (AvgIpc) is 2.95.